The van der Waals surface area contributed by atoms with E-state index in [-0.39, 0.29) is 17.7 Å². The second-order valence-electron chi connectivity index (χ2n) is 8.36. The molecular weight excluding hydrogens is 426 g/mol. The molecule has 1 aliphatic rings. The number of benzene rings is 2. The molecule has 174 valence electrons. The molecule has 1 aliphatic heterocycles. The summed E-state index contributed by atoms with van der Waals surface area (Å²) in [5.41, 5.74) is -0.259. The Bertz CT molecular complexity index is 1060. The van der Waals surface area contributed by atoms with Gasteiger partial charge in [-0.15, -0.1) is 0 Å². The second kappa shape index (κ2) is 9.40. The number of ether oxygens (including phenoxy) is 1. The van der Waals surface area contributed by atoms with Crippen molar-refractivity contribution in [3.8, 4) is 5.75 Å². The molecule has 0 bridgehead atoms. The van der Waals surface area contributed by atoms with Crippen molar-refractivity contribution in [3.63, 3.8) is 0 Å². The number of nitro groups is 1. The van der Waals surface area contributed by atoms with E-state index in [1.165, 1.54) is 29.2 Å². The number of amides is 3. The van der Waals surface area contributed by atoms with Crippen molar-refractivity contribution in [3.05, 3.63) is 64.2 Å². The van der Waals surface area contributed by atoms with Crippen molar-refractivity contribution in [2.24, 2.45) is 0 Å². The van der Waals surface area contributed by atoms with E-state index in [2.05, 4.69) is 0 Å². The molecule has 0 radical (unpaired) electrons. The van der Waals surface area contributed by atoms with Crippen molar-refractivity contribution >= 4 is 29.1 Å². The Hall–Kier alpha value is -3.75. The Morgan fingerprint density at radius 2 is 1.73 bits per heavy atom. The molecule has 2 aromatic rings. The number of carbonyl (C=O) groups excluding carboxylic acids is 3. The zero-order chi connectivity index (χ0) is 24.3. The van der Waals surface area contributed by atoms with E-state index >= 15 is 0 Å². The lowest BCUT2D eigenvalue weighted by Crippen LogP contribution is -2.55. The van der Waals surface area contributed by atoms with E-state index in [1.54, 1.807) is 24.3 Å². The smallest absolute Gasteiger partial charge is 0.269 e. The highest BCUT2D eigenvalue weighted by molar-refractivity contribution is 6.23. The van der Waals surface area contributed by atoms with Crippen LogP contribution in [0.15, 0.2) is 48.5 Å². The fraction of sp³-hybridized carbons (Fsp3) is 0.375. The maximum absolute atomic E-state index is 13.5. The van der Waals surface area contributed by atoms with Gasteiger partial charge in [0.25, 0.3) is 17.5 Å². The van der Waals surface area contributed by atoms with Gasteiger partial charge in [-0.3, -0.25) is 24.5 Å². The minimum atomic E-state index is -0.985. The number of non-ortho nitro benzene ring substituents is 1. The van der Waals surface area contributed by atoms with Crippen LogP contribution in [0.4, 0.5) is 11.4 Å². The van der Waals surface area contributed by atoms with Crippen LogP contribution in [0, 0.1) is 10.1 Å². The number of imide groups is 1. The molecule has 1 atom stereocenters. The molecule has 9 heteroatoms. The topological polar surface area (TPSA) is 110 Å². The predicted molar refractivity (Wildman–Crippen MR) is 122 cm³/mol. The van der Waals surface area contributed by atoms with Gasteiger partial charge in [-0.1, -0.05) is 6.92 Å². The molecule has 1 fully saturated rings. The van der Waals surface area contributed by atoms with Gasteiger partial charge in [-0.2, -0.15) is 0 Å². The Kier molecular flexibility index (Phi) is 6.81. The van der Waals surface area contributed by atoms with E-state index in [1.807, 2.05) is 27.7 Å². The van der Waals surface area contributed by atoms with Gasteiger partial charge in [0, 0.05) is 23.2 Å². The Labute approximate surface area is 192 Å². The average Bonchev–Trinajstić information content (AvgIpc) is 3.08. The highest BCUT2D eigenvalue weighted by atomic mass is 16.6. The molecule has 3 rings (SSSR count). The van der Waals surface area contributed by atoms with Gasteiger partial charge in [0.2, 0.25) is 5.91 Å². The number of rotatable bonds is 8. The summed E-state index contributed by atoms with van der Waals surface area (Å²) in [6.07, 6.45) is 0.390. The molecule has 0 spiro atoms. The number of hydrogen-bond donors (Lipinski definition) is 0. The van der Waals surface area contributed by atoms with E-state index < -0.39 is 34.2 Å². The van der Waals surface area contributed by atoms with Crippen molar-refractivity contribution in [2.45, 2.75) is 52.1 Å². The first-order valence-corrected chi connectivity index (χ1v) is 10.8. The molecule has 3 amide bonds. The minimum absolute atomic E-state index is 0.137. The van der Waals surface area contributed by atoms with Crippen LogP contribution < -0.4 is 9.64 Å². The summed E-state index contributed by atoms with van der Waals surface area (Å²) < 4.78 is 5.42. The van der Waals surface area contributed by atoms with Crippen LogP contribution in [0.3, 0.4) is 0 Å². The van der Waals surface area contributed by atoms with E-state index in [9.17, 15) is 24.5 Å². The normalized spacial score (nSPS) is 16.1. The predicted octanol–water partition coefficient (Wildman–Crippen LogP) is 3.96. The fourth-order valence-corrected chi connectivity index (χ4v) is 3.82. The van der Waals surface area contributed by atoms with Crippen molar-refractivity contribution in [1.29, 1.82) is 0 Å². The number of anilines is 1. The number of hydrogen-bond acceptors (Lipinski definition) is 6. The average molecular weight is 453 g/mol. The standard InChI is InChI=1S/C24H27N3O6/c1-5-24(3,4)26(22(29)16-7-9-18(10-8-16)27(31)32)20-15-21(28)25(23(20)30)17-11-13-19(14-12-17)33-6-2/h7-14,20H,5-6,15H2,1-4H3. The van der Waals surface area contributed by atoms with Crippen molar-refractivity contribution in [1.82, 2.24) is 4.90 Å². The summed E-state index contributed by atoms with van der Waals surface area (Å²) in [6.45, 7) is 7.90. The van der Waals surface area contributed by atoms with Crippen LogP contribution in [0.25, 0.3) is 0 Å². The van der Waals surface area contributed by atoms with E-state index in [0.717, 1.165) is 4.90 Å². The highest BCUT2D eigenvalue weighted by Crippen LogP contribution is 2.33. The van der Waals surface area contributed by atoms with Crippen LogP contribution in [-0.2, 0) is 9.59 Å². The molecule has 1 unspecified atom stereocenters. The van der Waals surface area contributed by atoms with Crippen LogP contribution in [0.1, 0.15) is 50.9 Å². The van der Waals surface area contributed by atoms with Gasteiger partial charge in [0.1, 0.15) is 11.8 Å². The van der Waals surface area contributed by atoms with Crippen LogP contribution >= 0.6 is 0 Å². The summed E-state index contributed by atoms with van der Waals surface area (Å²) in [7, 11) is 0. The third-order valence-corrected chi connectivity index (χ3v) is 5.90. The number of nitro benzene ring substituents is 1. The van der Waals surface area contributed by atoms with Gasteiger partial charge < -0.3 is 9.64 Å². The lowest BCUT2D eigenvalue weighted by Gasteiger charge is -2.41. The molecule has 33 heavy (non-hydrogen) atoms. The zero-order valence-corrected chi connectivity index (χ0v) is 19.1. The summed E-state index contributed by atoms with van der Waals surface area (Å²) in [4.78, 5) is 52.7. The van der Waals surface area contributed by atoms with Gasteiger partial charge in [-0.25, -0.2) is 4.90 Å². The summed E-state index contributed by atoms with van der Waals surface area (Å²) in [6, 6.07) is 10.9. The Balaban J connectivity index is 1.94. The Morgan fingerprint density at radius 1 is 1.12 bits per heavy atom. The van der Waals surface area contributed by atoms with Gasteiger partial charge in [0.05, 0.1) is 23.6 Å². The SMILES string of the molecule is CCOc1ccc(N2C(=O)CC(N(C(=O)c3ccc([N+](=O)[O-])cc3)C(C)(C)CC)C2=O)cc1. The lowest BCUT2D eigenvalue weighted by atomic mass is 9.94. The monoisotopic (exact) mass is 453 g/mol. The third-order valence-electron chi connectivity index (χ3n) is 5.90. The second-order valence-corrected chi connectivity index (χ2v) is 8.36. The molecule has 0 N–H and O–H groups in total. The van der Waals surface area contributed by atoms with Crippen molar-refractivity contribution in [2.75, 3.05) is 11.5 Å². The molecule has 0 aromatic heterocycles. The largest absolute Gasteiger partial charge is 0.494 e. The van der Waals surface area contributed by atoms with E-state index in [0.29, 0.717) is 24.5 Å². The molecule has 0 saturated carbocycles. The van der Waals surface area contributed by atoms with Crippen LogP contribution in [0.5, 0.6) is 5.75 Å². The molecule has 0 aliphatic carbocycles. The van der Waals surface area contributed by atoms with Crippen LogP contribution in [0.2, 0.25) is 0 Å². The first-order chi connectivity index (χ1) is 15.6. The van der Waals surface area contributed by atoms with Crippen molar-refractivity contribution < 1.29 is 24.0 Å². The highest BCUT2D eigenvalue weighted by Gasteiger charge is 2.48. The first-order valence-electron chi connectivity index (χ1n) is 10.8. The molecule has 1 saturated heterocycles. The van der Waals surface area contributed by atoms with Gasteiger partial charge in [-0.05, 0) is 63.6 Å². The maximum Gasteiger partial charge on any atom is 0.269 e. The minimum Gasteiger partial charge on any atom is -0.494 e. The lowest BCUT2D eigenvalue weighted by molar-refractivity contribution is -0.384. The molecule has 9 nitrogen and oxygen atoms in total. The van der Waals surface area contributed by atoms with Gasteiger partial charge >= 0.3 is 0 Å². The summed E-state index contributed by atoms with van der Waals surface area (Å²) >= 11 is 0. The van der Waals surface area contributed by atoms with Crippen LogP contribution in [-0.4, -0.2) is 45.7 Å². The maximum atomic E-state index is 13.5. The number of carbonyl (C=O) groups is 3. The molecular formula is C24H27N3O6. The Morgan fingerprint density at radius 3 is 2.24 bits per heavy atom. The first kappa shape index (κ1) is 23.9. The summed E-state index contributed by atoms with van der Waals surface area (Å²) in [5, 5.41) is 11.0. The zero-order valence-electron chi connectivity index (χ0n) is 19.1. The van der Waals surface area contributed by atoms with E-state index in [4.69, 9.17) is 4.74 Å². The quantitative estimate of drug-likeness (QED) is 0.340. The fourth-order valence-electron chi connectivity index (χ4n) is 3.82. The van der Waals surface area contributed by atoms with Gasteiger partial charge in [0.15, 0.2) is 0 Å². The third kappa shape index (κ3) is 4.72. The molecule has 2 aromatic carbocycles. The number of nitrogens with zero attached hydrogens (tertiary/aromatic N) is 3. The molecule has 1 heterocycles. The summed E-state index contributed by atoms with van der Waals surface area (Å²) in [5.74, 6) is -0.723.